The molecule has 5 atom stereocenters. The molecule has 13 nitrogen and oxygen atoms in total. The Kier molecular flexibility index (Phi) is 15.9. The van der Waals surface area contributed by atoms with E-state index in [1.807, 2.05) is 0 Å². The van der Waals surface area contributed by atoms with Crippen LogP contribution in [-0.4, -0.2) is 93.8 Å². The van der Waals surface area contributed by atoms with Gasteiger partial charge in [-0.25, -0.2) is 4.79 Å². The first-order valence-corrected chi connectivity index (χ1v) is 12.4. The smallest absolute Gasteiger partial charge is 0.326 e. The van der Waals surface area contributed by atoms with Crippen molar-refractivity contribution in [2.24, 2.45) is 11.5 Å². The summed E-state index contributed by atoms with van der Waals surface area (Å²) in [5.41, 5.74) is 10.6. The van der Waals surface area contributed by atoms with Crippen molar-refractivity contribution < 1.29 is 33.9 Å². The number of nitrogens with one attached hydrogen (secondary N) is 4. The van der Waals surface area contributed by atoms with Crippen LogP contribution in [0.15, 0.2) is 0 Å². The minimum atomic E-state index is -1.41. The first kappa shape index (κ1) is 32.2. The average Bonchev–Trinajstić information content (AvgIpc) is 2.80. The average molecular weight is 559 g/mol. The van der Waals surface area contributed by atoms with Gasteiger partial charge in [0.05, 0.1) is 6.04 Å². The number of nitrogens with two attached hydrogens (primary N) is 2. The van der Waals surface area contributed by atoms with Crippen LogP contribution in [0, 0.1) is 0 Å². The number of hydrogen-bond acceptors (Lipinski definition) is 11. The molecule has 0 bridgehead atoms. The van der Waals surface area contributed by atoms with Crippen molar-refractivity contribution in [3.8, 4) is 0 Å². The Morgan fingerprint density at radius 2 is 1.00 bits per heavy atom. The van der Waals surface area contributed by atoms with Crippen LogP contribution in [0.4, 0.5) is 0 Å². The van der Waals surface area contributed by atoms with Crippen molar-refractivity contribution in [1.29, 1.82) is 0 Å². The van der Waals surface area contributed by atoms with E-state index in [1.54, 1.807) is 0 Å². The monoisotopic (exact) mass is 558 g/mol. The number of carbonyl (C=O) groups is 6. The predicted molar refractivity (Wildman–Crippen MR) is 137 cm³/mol. The van der Waals surface area contributed by atoms with E-state index in [2.05, 4.69) is 71.8 Å². The van der Waals surface area contributed by atoms with Crippen molar-refractivity contribution in [3.63, 3.8) is 0 Å². The highest BCUT2D eigenvalue weighted by molar-refractivity contribution is 7.80. The molecular weight excluding hydrogens is 528 g/mol. The fourth-order valence-corrected chi connectivity index (χ4v) is 3.24. The van der Waals surface area contributed by atoms with Crippen molar-refractivity contribution in [3.05, 3.63) is 0 Å². The zero-order valence-electron chi connectivity index (χ0n) is 18.0. The molecular formula is C17H30N6O7S4. The second-order valence-corrected chi connectivity index (χ2v) is 8.39. The minimum absolute atomic E-state index is 0.0485. The van der Waals surface area contributed by atoms with Gasteiger partial charge in [0, 0.05) is 29.4 Å². The van der Waals surface area contributed by atoms with Gasteiger partial charge < -0.3 is 37.8 Å². The standard InChI is InChI=1S/C17H30N6O7S4/c18-7(3-31)13(25)21-9(4-32)15(27)23-11(6-34)16(28)22-10(5-33)14(26)20-8(17(29)30)1-2-12(19)24/h7-11,31-34H,1-6,18H2,(H2,19,24)(H,20,26)(H,21,25)(H,22,28)(H,23,27)(H,29,30). The Hall–Kier alpha value is -1.82. The van der Waals surface area contributed by atoms with Crippen LogP contribution in [-0.2, 0) is 28.8 Å². The maximum Gasteiger partial charge on any atom is 0.326 e. The summed E-state index contributed by atoms with van der Waals surface area (Å²) in [6, 6.07) is -5.95. The molecule has 5 amide bonds. The van der Waals surface area contributed by atoms with Crippen LogP contribution in [0.5, 0.6) is 0 Å². The predicted octanol–water partition coefficient (Wildman–Crippen LogP) is -3.68. The molecule has 0 aliphatic carbocycles. The lowest BCUT2D eigenvalue weighted by molar-refractivity contribution is -0.142. The van der Waals surface area contributed by atoms with Crippen LogP contribution in [0.2, 0.25) is 0 Å². The number of thiol groups is 4. The Bertz CT molecular complexity index is 760. The van der Waals surface area contributed by atoms with E-state index in [1.165, 1.54) is 0 Å². The van der Waals surface area contributed by atoms with Crippen LogP contribution in [0.1, 0.15) is 12.8 Å². The summed E-state index contributed by atoms with van der Waals surface area (Å²) in [4.78, 5) is 71.6. The highest BCUT2D eigenvalue weighted by atomic mass is 32.1. The Labute approximate surface area is 218 Å². The van der Waals surface area contributed by atoms with Crippen LogP contribution < -0.4 is 32.7 Å². The number of carboxylic acids is 1. The number of hydrogen-bond donors (Lipinski definition) is 11. The van der Waals surface area contributed by atoms with E-state index >= 15 is 0 Å². The van der Waals surface area contributed by atoms with E-state index in [0.717, 1.165) is 0 Å². The number of carbonyl (C=O) groups excluding carboxylic acids is 5. The molecule has 0 aromatic rings. The third-order valence-corrected chi connectivity index (χ3v) is 5.76. The number of carboxylic acid groups (broad SMARTS) is 1. The number of rotatable bonds is 16. The van der Waals surface area contributed by atoms with Crippen LogP contribution in [0.3, 0.4) is 0 Å². The van der Waals surface area contributed by atoms with Crippen molar-refractivity contribution in [2.75, 3.05) is 23.0 Å². The molecule has 0 saturated heterocycles. The second-order valence-electron chi connectivity index (χ2n) is 6.92. The molecule has 34 heavy (non-hydrogen) atoms. The molecule has 0 aromatic heterocycles. The Morgan fingerprint density at radius 1 is 0.647 bits per heavy atom. The summed E-state index contributed by atoms with van der Waals surface area (Å²) >= 11 is 15.9. The van der Waals surface area contributed by atoms with E-state index < -0.39 is 65.7 Å². The van der Waals surface area contributed by atoms with E-state index in [9.17, 15) is 33.9 Å². The van der Waals surface area contributed by atoms with Crippen molar-refractivity contribution in [2.45, 2.75) is 43.1 Å². The molecule has 5 unspecified atom stereocenters. The maximum atomic E-state index is 12.6. The topological polar surface area (TPSA) is 223 Å². The summed E-state index contributed by atoms with van der Waals surface area (Å²) in [5.74, 6) is -5.60. The van der Waals surface area contributed by atoms with Gasteiger partial charge in [0.25, 0.3) is 0 Å². The quantitative estimate of drug-likeness (QED) is 0.0845. The fraction of sp³-hybridized carbons (Fsp3) is 0.647. The molecule has 0 saturated carbocycles. The second kappa shape index (κ2) is 16.7. The Balaban J connectivity index is 5.15. The van der Waals surface area contributed by atoms with Gasteiger partial charge in [-0.3, -0.25) is 24.0 Å². The number of amides is 5. The molecule has 9 N–H and O–H groups in total. The molecule has 0 heterocycles. The third-order valence-electron chi connectivity index (χ3n) is 4.27. The highest BCUT2D eigenvalue weighted by Gasteiger charge is 2.30. The lowest BCUT2D eigenvalue weighted by Gasteiger charge is -2.24. The number of primary amides is 1. The summed E-state index contributed by atoms with van der Waals surface area (Å²) in [6.45, 7) is 0. The lowest BCUT2D eigenvalue weighted by atomic mass is 10.1. The van der Waals surface area contributed by atoms with Crippen molar-refractivity contribution >= 4 is 86.0 Å². The third kappa shape index (κ3) is 11.5. The maximum absolute atomic E-state index is 12.6. The summed E-state index contributed by atoms with van der Waals surface area (Å²) in [6.07, 6.45) is -0.517. The van der Waals surface area contributed by atoms with Gasteiger partial charge in [0.1, 0.15) is 24.2 Å². The van der Waals surface area contributed by atoms with Gasteiger partial charge in [0.2, 0.25) is 29.5 Å². The summed E-state index contributed by atoms with van der Waals surface area (Å²) < 4.78 is 0. The molecule has 0 rings (SSSR count). The fourth-order valence-electron chi connectivity index (χ4n) is 2.30. The normalized spacial score (nSPS) is 15.1. The molecule has 0 radical (unpaired) electrons. The SMILES string of the molecule is NC(=O)CCC(NC(=O)C(CS)NC(=O)C(CS)NC(=O)C(CS)NC(=O)C(N)CS)C(=O)O. The minimum Gasteiger partial charge on any atom is -0.480 e. The zero-order valence-corrected chi connectivity index (χ0v) is 21.5. The van der Waals surface area contributed by atoms with Crippen LogP contribution in [0.25, 0.3) is 0 Å². The molecule has 0 aromatic carbocycles. The van der Waals surface area contributed by atoms with Crippen LogP contribution >= 0.6 is 50.5 Å². The first-order valence-electron chi connectivity index (χ1n) is 9.83. The van der Waals surface area contributed by atoms with Gasteiger partial charge in [0.15, 0.2) is 0 Å². The first-order chi connectivity index (χ1) is 15.9. The molecule has 194 valence electrons. The molecule has 0 aliphatic rings. The van der Waals surface area contributed by atoms with Gasteiger partial charge >= 0.3 is 5.97 Å². The molecule has 0 aliphatic heterocycles. The largest absolute Gasteiger partial charge is 0.480 e. The van der Waals surface area contributed by atoms with Gasteiger partial charge in [-0.2, -0.15) is 50.5 Å². The Morgan fingerprint density at radius 3 is 1.29 bits per heavy atom. The number of aliphatic carboxylic acids is 1. The molecule has 0 spiro atoms. The zero-order chi connectivity index (χ0) is 26.4. The van der Waals surface area contributed by atoms with Gasteiger partial charge in [-0.15, -0.1) is 0 Å². The summed E-state index contributed by atoms with van der Waals surface area (Å²) in [5, 5.41) is 18.5. The van der Waals surface area contributed by atoms with E-state index in [4.69, 9.17) is 11.5 Å². The van der Waals surface area contributed by atoms with Crippen molar-refractivity contribution in [1.82, 2.24) is 21.3 Å². The molecule has 17 heteroatoms. The lowest BCUT2D eigenvalue weighted by Crippen LogP contribution is -2.59. The summed E-state index contributed by atoms with van der Waals surface area (Å²) in [7, 11) is 0. The van der Waals surface area contributed by atoms with Gasteiger partial charge in [-0.1, -0.05) is 0 Å². The molecule has 0 fully saturated rings. The van der Waals surface area contributed by atoms with E-state index in [0.29, 0.717) is 0 Å². The van der Waals surface area contributed by atoms with E-state index in [-0.39, 0.29) is 35.9 Å². The van der Waals surface area contributed by atoms with Gasteiger partial charge in [-0.05, 0) is 6.42 Å². The highest BCUT2D eigenvalue weighted by Crippen LogP contribution is 2.01.